The number of para-hydroxylation sites is 1. The van der Waals surface area contributed by atoms with Crippen molar-refractivity contribution in [2.45, 2.75) is 13.3 Å². The van der Waals surface area contributed by atoms with Gasteiger partial charge in [0.25, 0.3) is 5.91 Å². The smallest absolute Gasteiger partial charge is 0.253 e. The van der Waals surface area contributed by atoms with Gasteiger partial charge in [-0.15, -0.1) is 0 Å². The molecule has 4 heteroatoms. The summed E-state index contributed by atoms with van der Waals surface area (Å²) in [7, 11) is 0. The van der Waals surface area contributed by atoms with Gasteiger partial charge in [-0.25, -0.2) is 0 Å². The Kier molecular flexibility index (Phi) is 5.12. The third-order valence-corrected chi connectivity index (χ3v) is 2.93. The van der Waals surface area contributed by atoms with Gasteiger partial charge < -0.3 is 10.6 Å². The van der Waals surface area contributed by atoms with Crippen molar-refractivity contribution in [3.8, 4) is 0 Å². The number of hydrogen-bond donors (Lipinski definition) is 2. The number of carbonyl (C=O) groups is 1. The molecule has 20 heavy (non-hydrogen) atoms. The lowest BCUT2D eigenvalue weighted by molar-refractivity contribution is 0.0955. The van der Waals surface area contributed by atoms with Crippen LogP contribution in [0, 0.1) is 0 Å². The molecular weight excluding hydrogens is 250 g/mol. The highest BCUT2D eigenvalue weighted by atomic mass is 16.1. The number of pyridine rings is 1. The second-order valence-corrected chi connectivity index (χ2v) is 4.40. The van der Waals surface area contributed by atoms with Gasteiger partial charge in [0.2, 0.25) is 0 Å². The van der Waals surface area contributed by atoms with E-state index in [4.69, 9.17) is 0 Å². The molecule has 0 aliphatic rings. The van der Waals surface area contributed by atoms with Gasteiger partial charge in [-0.3, -0.25) is 9.78 Å². The van der Waals surface area contributed by atoms with Gasteiger partial charge >= 0.3 is 0 Å². The minimum atomic E-state index is -0.0579. The lowest BCUT2D eigenvalue weighted by Gasteiger charge is -2.10. The molecule has 104 valence electrons. The number of aromatic nitrogens is 1. The zero-order valence-corrected chi connectivity index (χ0v) is 11.6. The number of benzene rings is 1. The average Bonchev–Trinajstić information content (AvgIpc) is 2.49. The summed E-state index contributed by atoms with van der Waals surface area (Å²) in [5.41, 5.74) is 2.52. The monoisotopic (exact) mass is 269 g/mol. The molecule has 0 saturated heterocycles. The first-order valence-corrected chi connectivity index (χ1v) is 6.82. The van der Waals surface area contributed by atoms with Gasteiger partial charge in [-0.2, -0.15) is 0 Å². The maximum atomic E-state index is 12.2. The van der Waals surface area contributed by atoms with Crippen LogP contribution in [0.4, 0.5) is 5.69 Å². The van der Waals surface area contributed by atoms with Gasteiger partial charge in [0, 0.05) is 37.1 Å². The predicted molar refractivity (Wildman–Crippen MR) is 80.9 cm³/mol. The van der Waals surface area contributed by atoms with Crippen LogP contribution in [0.2, 0.25) is 0 Å². The molecule has 0 aliphatic carbocycles. The van der Waals surface area contributed by atoms with Gasteiger partial charge in [0.05, 0.1) is 5.56 Å². The lowest BCUT2D eigenvalue weighted by Crippen LogP contribution is -2.26. The van der Waals surface area contributed by atoms with Crippen LogP contribution in [0.5, 0.6) is 0 Å². The second kappa shape index (κ2) is 7.28. The fourth-order valence-corrected chi connectivity index (χ4v) is 1.97. The predicted octanol–water partition coefficient (Wildman–Crippen LogP) is 2.49. The molecule has 2 aromatic rings. The number of amides is 1. The van der Waals surface area contributed by atoms with E-state index in [1.54, 1.807) is 6.20 Å². The van der Waals surface area contributed by atoms with Crippen molar-refractivity contribution in [2.24, 2.45) is 0 Å². The van der Waals surface area contributed by atoms with Crippen molar-refractivity contribution >= 4 is 11.6 Å². The molecular formula is C16H19N3O. The number of anilines is 1. The largest absolute Gasteiger partial charge is 0.385 e. The Morgan fingerprint density at radius 2 is 1.95 bits per heavy atom. The van der Waals surface area contributed by atoms with E-state index in [2.05, 4.69) is 15.6 Å². The quantitative estimate of drug-likeness (QED) is 0.847. The van der Waals surface area contributed by atoms with E-state index in [0.29, 0.717) is 12.1 Å². The highest BCUT2D eigenvalue weighted by Gasteiger charge is 2.09. The number of hydrogen-bond acceptors (Lipinski definition) is 3. The van der Waals surface area contributed by atoms with E-state index < -0.39 is 0 Å². The molecule has 1 heterocycles. The highest BCUT2D eigenvalue weighted by molar-refractivity contribution is 5.99. The Morgan fingerprint density at radius 3 is 2.70 bits per heavy atom. The van der Waals surface area contributed by atoms with E-state index in [9.17, 15) is 4.79 Å². The molecule has 2 rings (SSSR count). The summed E-state index contributed by atoms with van der Waals surface area (Å²) in [5.74, 6) is -0.0579. The number of nitrogens with one attached hydrogen (secondary N) is 2. The fourth-order valence-electron chi connectivity index (χ4n) is 1.97. The Hall–Kier alpha value is -2.36. The van der Waals surface area contributed by atoms with Crippen LogP contribution in [0.25, 0.3) is 0 Å². The molecule has 0 atom stereocenters. The molecule has 4 nitrogen and oxygen atoms in total. The minimum absolute atomic E-state index is 0.0579. The molecule has 0 bridgehead atoms. The number of rotatable bonds is 6. The van der Waals surface area contributed by atoms with Crippen molar-refractivity contribution in [3.05, 3.63) is 59.9 Å². The van der Waals surface area contributed by atoms with Gasteiger partial charge in [0.1, 0.15) is 0 Å². The van der Waals surface area contributed by atoms with Gasteiger partial charge in [0.15, 0.2) is 0 Å². The second-order valence-electron chi connectivity index (χ2n) is 4.40. The molecule has 0 unspecified atom stereocenters. The zero-order valence-electron chi connectivity index (χ0n) is 11.6. The summed E-state index contributed by atoms with van der Waals surface area (Å²) in [4.78, 5) is 16.4. The average molecular weight is 269 g/mol. The number of carbonyl (C=O) groups excluding carboxylic acids is 1. The van der Waals surface area contributed by atoms with Crippen LogP contribution >= 0.6 is 0 Å². The van der Waals surface area contributed by atoms with Crippen LogP contribution in [-0.2, 0) is 6.42 Å². The van der Waals surface area contributed by atoms with E-state index in [1.807, 2.05) is 49.4 Å². The molecule has 1 amide bonds. The van der Waals surface area contributed by atoms with Crippen molar-refractivity contribution in [3.63, 3.8) is 0 Å². The van der Waals surface area contributed by atoms with Crippen LogP contribution in [-0.4, -0.2) is 24.0 Å². The van der Waals surface area contributed by atoms with E-state index in [-0.39, 0.29) is 5.91 Å². The molecule has 0 radical (unpaired) electrons. The minimum Gasteiger partial charge on any atom is -0.385 e. The van der Waals surface area contributed by atoms with Crippen molar-refractivity contribution in [1.82, 2.24) is 10.3 Å². The first kappa shape index (κ1) is 14.1. The summed E-state index contributed by atoms with van der Waals surface area (Å²) in [5, 5.41) is 6.12. The summed E-state index contributed by atoms with van der Waals surface area (Å²) in [6, 6.07) is 13.3. The van der Waals surface area contributed by atoms with Gasteiger partial charge in [-0.05, 0) is 31.2 Å². The Bertz CT molecular complexity index is 555. The molecule has 0 saturated carbocycles. The molecule has 0 aliphatic heterocycles. The zero-order chi connectivity index (χ0) is 14.2. The Morgan fingerprint density at radius 1 is 1.15 bits per heavy atom. The van der Waals surface area contributed by atoms with Crippen molar-refractivity contribution in [2.75, 3.05) is 18.4 Å². The molecule has 1 aromatic heterocycles. The molecule has 2 N–H and O–H groups in total. The Labute approximate surface area is 119 Å². The van der Waals surface area contributed by atoms with Gasteiger partial charge in [-0.1, -0.05) is 18.2 Å². The molecule has 0 spiro atoms. The topological polar surface area (TPSA) is 54.0 Å². The normalized spacial score (nSPS) is 10.1. The summed E-state index contributed by atoms with van der Waals surface area (Å²) < 4.78 is 0. The summed E-state index contributed by atoms with van der Waals surface area (Å²) in [6.45, 7) is 3.38. The SMILES string of the molecule is CCNc1ccccc1C(=O)NCCc1ccccn1. The number of nitrogens with zero attached hydrogens (tertiary/aromatic N) is 1. The van der Waals surface area contributed by atoms with Crippen molar-refractivity contribution in [1.29, 1.82) is 0 Å². The maximum Gasteiger partial charge on any atom is 0.253 e. The molecule has 0 fully saturated rings. The first-order valence-electron chi connectivity index (χ1n) is 6.82. The summed E-state index contributed by atoms with van der Waals surface area (Å²) >= 11 is 0. The highest BCUT2D eigenvalue weighted by Crippen LogP contribution is 2.14. The van der Waals surface area contributed by atoms with Crippen LogP contribution < -0.4 is 10.6 Å². The standard InChI is InChI=1S/C16H19N3O/c1-2-17-15-9-4-3-8-14(15)16(20)19-12-10-13-7-5-6-11-18-13/h3-9,11,17H,2,10,12H2,1H3,(H,19,20). The van der Waals surface area contributed by atoms with Crippen LogP contribution in [0.3, 0.4) is 0 Å². The maximum absolute atomic E-state index is 12.2. The third-order valence-electron chi connectivity index (χ3n) is 2.93. The fraction of sp³-hybridized carbons (Fsp3) is 0.250. The molecule has 1 aromatic carbocycles. The van der Waals surface area contributed by atoms with E-state index in [1.165, 1.54) is 0 Å². The van der Waals surface area contributed by atoms with Crippen LogP contribution in [0.1, 0.15) is 23.0 Å². The third kappa shape index (κ3) is 3.82. The van der Waals surface area contributed by atoms with Crippen LogP contribution in [0.15, 0.2) is 48.7 Å². The summed E-state index contributed by atoms with van der Waals surface area (Å²) in [6.07, 6.45) is 2.49. The van der Waals surface area contributed by atoms with E-state index in [0.717, 1.165) is 24.3 Å². The lowest BCUT2D eigenvalue weighted by atomic mass is 10.1. The Balaban J connectivity index is 1.92. The first-order chi connectivity index (χ1) is 9.81. The van der Waals surface area contributed by atoms with E-state index >= 15 is 0 Å². The van der Waals surface area contributed by atoms with Crippen molar-refractivity contribution < 1.29 is 4.79 Å².